The smallest absolute Gasteiger partial charge is 0.264 e. The summed E-state index contributed by atoms with van der Waals surface area (Å²) in [6.07, 6.45) is 3.63. The predicted molar refractivity (Wildman–Crippen MR) is 151 cm³/mol. The van der Waals surface area contributed by atoms with Gasteiger partial charge in [-0.2, -0.15) is 5.10 Å². The largest absolute Gasteiger partial charge is 0.494 e. The number of carbonyl (C=O) groups is 1. The second kappa shape index (κ2) is 10.8. The topological polar surface area (TPSA) is 88.1 Å². The molecule has 0 spiro atoms. The zero-order valence-corrected chi connectivity index (χ0v) is 22.3. The van der Waals surface area contributed by atoms with Gasteiger partial charge in [-0.25, -0.2) is 13.8 Å². The van der Waals surface area contributed by atoms with E-state index in [1.165, 1.54) is 40.8 Å². The Morgan fingerprint density at radius 3 is 2.42 bits per heavy atom. The summed E-state index contributed by atoms with van der Waals surface area (Å²) in [5.74, 6) is 0.0121. The summed E-state index contributed by atoms with van der Waals surface area (Å²) in [7, 11) is -4.08. The van der Waals surface area contributed by atoms with Crippen molar-refractivity contribution in [1.82, 2.24) is 5.43 Å². The normalized spacial score (nSPS) is 12.7. The zero-order chi connectivity index (χ0) is 26.7. The van der Waals surface area contributed by atoms with Crippen LogP contribution in [0.2, 0.25) is 5.02 Å². The number of nitrogens with one attached hydrogen (secondary N) is 1. The third-order valence-electron chi connectivity index (χ3n) is 6.43. The van der Waals surface area contributed by atoms with E-state index in [-0.39, 0.29) is 4.90 Å². The third-order valence-corrected chi connectivity index (χ3v) is 8.47. The van der Waals surface area contributed by atoms with E-state index in [0.717, 1.165) is 28.1 Å². The molecule has 0 aromatic heterocycles. The minimum atomic E-state index is -4.08. The first kappa shape index (κ1) is 25.8. The SMILES string of the molecule is CCOc1ccc(N(CC(=O)N/N=C\c2ccc3c4c(cccc24)CC3)S(=O)(=O)c2ccc(Cl)cc2)cc1. The zero-order valence-electron chi connectivity index (χ0n) is 20.7. The number of rotatable bonds is 9. The molecular formula is C29H26ClN3O4S. The van der Waals surface area contributed by atoms with Crippen molar-refractivity contribution in [3.05, 3.63) is 101 Å². The van der Waals surface area contributed by atoms with Crippen LogP contribution in [0.3, 0.4) is 0 Å². The van der Waals surface area contributed by atoms with Crippen LogP contribution in [-0.4, -0.2) is 33.7 Å². The Kier molecular flexibility index (Phi) is 7.35. The van der Waals surface area contributed by atoms with Gasteiger partial charge in [0.05, 0.1) is 23.4 Å². The maximum atomic E-state index is 13.5. The fraction of sp³-hybridized carbons (Fsp3) is 0.172. The van der Waals surface area contributed by atoms with Crippen LogP contribution < -0.4 is 14.5 Å². The van der Waals surface area contributed by atoms with Crippen molar-refractivity contribution in [2.24, 2.45) is 5.10 Å². The number of aryl methyl sites for hydroxylation is 2. The molecule has 0 atom stereocenters. The standard InChI is InChI=1S/C29H26ClN3O4S/c1-2-37-25-14-12-24(13-15-25)33(38(35,36)26-16-10-23(30)11-17-26)19-28(34)32-31-18-22-9-8-21-7-6-20-4-3-5-27(22)29(20)21/h3-5,8-18H,2,6-7,19H2,1H3,(H,32,34)/b31-18-. The van der Waals surface area contributed by atoms with E-state index in [1.807, 2.05) is 25.1 Å². The van der Waals surface area contributed by atoms with Gasteiger partial charge in [0.1, 0.15) is 12.3 Å². The van der Waals surface area contributed by atoms with E-state index in [9.17, 15) is 13.2 Å². The monoisotopic (exact) mass is 547 g/mol. The van der Waals surface area contributed by atoms with Gasteiger partial charge < -0.3 is 4.74 Å². The minimum absolute atomic E-state index is 0.0139. The van der Waals surface area contributed by atoms with E-state index in [2.05, 4.69) is 22.7 Å². The quantitative estimate of drug-likeness (QED) is 0.226. The molecule has 0 unspecified atom stereocenters. The Labute approximate surface area is 226 Å². The van der Waals surface area contributed by atoms with Crippen molar-refractivity contribution in [2.75, 3.05) is 17.5 Å². The fourth-order valence-corrected chi connectivity index (χ4v) is 6.19. The summed E-state index contributed by atoms with van der Waals surface area (Å²) in [5.41, 5.74) is 6.31. The summed E-state index contributed by atoms with van der Waals surface area (Å²) < 4.78 is 33.6. The van der Waals surface area contributed by atoms with E-state index < -0.39 is 22.5 Å². The van der Waals surface area contributed by atoms with E-state index in [1.54, 1.807) is 30.5 Å². The molecule has 0 saturated heterocycles. The predicted octanol–water partition coefficient (Wildman–Crippen LogP) is 5.34. The number of halogens is 1. The van der Waals surface area contributed by atoms with Crippen LogP contribution >= 0.6 is 11.6 Å². The van der Waals surface area contributed by atoms with Crippen LogP contribution in [0.5, 0.6) is 5.75 Å². The lowest BCUT2D eigenvalue weighted by molar-refractivity contribution is -0.119. The summed E-state index contributed by atoms with van der Waals surface area (Å²) in [6, 6.07) is 22.6. The van der Waals surface area contributed by atoms with Gasteiger partial charge >= 0.3 is 0 Å². The van der Waals surface area contributed by atoms with Crippen molar-refractivity contribution in [1.29, 1.82) is 0 Å². The molecular weight excluding hydrogens is 522 g/mol. The Morgan fingerprint density at radius 2 is 1.71 bits per heavy atom. The van der Waals surface area contributed by atoms with Crippen LogP contribution in [0, 0.1) is 0 Å². The van der Waals surface area contributed by atoms with Crippen LogP contribution in [0.1, 0.15) is 23.6 Å². The number of ether oxygens (including phenoxy) is 1. The maximum absolute atomic E-state index is 13.5. The lowest BCUT2D eigenvalue weighted by Gasteiger charge is -2.24. The highest BCUT2D eigenvalue weighted by Crippen LogP contribution is 2.32. The molecule has 194 valence electrons. The molecule has 0 bridgehead atoms. The van der Waals surface area contributed by atoms with Gasteiger partial charge in [-0.3, -0.25) is 9.10 Å². The Morgan fingerprint density at radius 1 is 1.00 bits per heavy atom. The first-order chi connectivity index (χ1) is 18.4. The average Bonchev–Trinajstić information content (AvgIpc) is 3.34. The Hall–Kier alpha value is -3.88. The number of hydrogen-bond donors (Lipinski definition) is 1. The number of nitrogens with zero attached hydrogens (tertiary/aromatic N) is 2. The summed E-state index contributed by atoms with van der Waals surface area (Å²) >= 11 is 5.95. The fourth-order valence-electron chi connectivity index (χ4n) is 4.65. The number of hydrogen-bond acceptors (Lipinski definition) is 5. The van der Waals surface area contributed by atoms with Crippen LogP contribution in [-0.2, 0) is 27.7 Å². The Bertz CT molecular complexity index is 1610. The van der Waals surface area contributed by atoms with Crippen molar-refractivity contribution in [3.8, 4) is 5.75 Å². The van der Waals surface area contributed by atoms with Gasteiger partial charge in [-0.05, 0) is 90.2 Å². The van der Waals surface area contributed by atoms with Gasteiger partial charge in [0.15, 0.2) is 0 Å². The highest BCUT2D eigenvalue weighted by Gasteiger charge is 2.27. The van der Waals surface area contributed by atoms with Crippen molar-refractivity contribution in [3.63, 3.8) is 0 Å². The molecule has 5 rings (SSSR count). The van der Waals surface area contributed by atoms with Gasteiger partial charge in [0, 0.05) is 10.6 Å². The number of hydrazone groups is 1. The minimum Gasteiger partial charge on any atom is -0.494 e. The molecule has 1 amide bonds. The van der Waals surface area contributed by atoms with Gasteiger partial charge in [0.25, 0.3) is 15.9 Å². The molecule has 4 aromatic rings. The number of anilines is 1. The van der Waals surface area contributed by atoms with Crippen molar-refractivity contribution in [2.45, 2.75) is 24.7 Å². The second-order valence-electron chi connectivity index (χ2n) is 8.84. The van der Waals surface area contributed by atoms with Gasteiger partial charge in [0.2, 0.25) is 0 Å². The lowest BCUT2D eigenvalue weighted by Crippen LogP contribution is -2.39. The van der Waals surface area contributed by atoms with Crippen LogP contribution in [0.15, 0.2) is 88.9 Å². The second-order valence-corrected chi connectivity index (χ2v) is 11.1. The number of carbonyl (C=O) groups excluding carboxylic acids is 1. The molecule has 1 aliphatic carbocycles. The summed E-state index contributed by atoms with van der Waals surface area (Å²) in [5, 5.41) is 6.88. The lowest BCUT2D eigenvalue weighted by atomic mass is 10.0. The molecule has 0 saturated carbocycles. The molecule has 9 heteroatoms. The van der Waals surface area contributed by atoms with E-state index in [0.29, 0.717) is 23.1 Å². The molecule has 7 nitrogen and oxygen atoms in total. The molecule has 0 aliphatic heterocycles. The van der Waals surface area contributed by atoms with Crippen molar-refractivity contribution < 1.29 is 17.9 Å². The van der Waals surface area contributed by atoms with Gasteiger partial charge in [-0.1, -0.05) is 41.9 Å². The van der Waals surface area contributed by atoms with Crippen LogP contribution in [0.25, 0.3) is 10.8 Å². The number of benzene rings is 4. The first-order valence-corrected chi connectivity index (χ1v) is 14.0. The number of amides is 1. The molecule has 4 aromatic carbocycles. The Balaban J connectivity index is 1.38. The number of sulfonamides is 1. The summed E-state index contributed by atoms with van der Waals surface area (Å²) in [4.78, 5) is 12.9. The van der Waals surface area contributed by atoms with Crippen molar-refractivity contribution >= 4 is 50.2 Å². The van der Waals surface area contributed by atoms with Crippen LogP contribution in [0.4, 0.5) is 5.69 Å². The molecule has 0 heterocycles. The van der Waals surface area contributed by atoms with E-state index in [4.69, 9.17) is 16.3 Å². The third kappa shape index (κ3) is 5.23. The molecule has 0 radical (unpaired) electrons. The maximum Gasteiger partial charge on any atom is 0.264 e. The highest BCUT2D eigenvalue weighted by molar-refractivity contribution is 7.92. The molecule has 1 N–H and O–H groups in total. The molecule has 38 heavy (non-hydrogen) atoms. The summed E-state index contributed by atoms with van der Waals surface area (Å²) in [6.45, 7) is 1.87. The average molecular weight is 548 g/mol. The first-order valence-electron chi connectivity index (χ1n) is 12.2. The highest BCUT2D eigenvalue weighted by atomic mass is 35.5. The van der Waals surface area contributed by atoms with E-state index >= 15 is 0 Å². The molecule has 0 fully saturated rings. The molecule has 1 aliphatic rings. The van der Waals surface area contributed by atoms with Gasteiger partial charge in [-0.15, -0.1) is 0 Å².